The van der Waals surface area contributed by atoms with Crippen molar-refractivity contribution in [1.29, 1.82) is 0 Å². The van der Waals surface area contributed by atoms with Crippen LogP contribution in [0, 0.1) is 0 Å². The highest BCUT2D eigenvalue weighted by Crippen LogP contribution is 2.25. The molecule has 1 unspecified atom stereocenters. The number of ether oxygens (including phenoxy) is 3. The van der Waals surface area contributed by atoms with Crippen LogP contribution in [0.25, 0.3) is 11.0 Å². The van der Waals surface area contributed by atoms with Gasteiger partial charge < -0.3 is 23.9 Å². The second-order valence-electron chi connectivity index (χ2n) is 7.34. The van der Waals surface area contributed by atoms with Crippen LogP contribution in [0.4, 0.5) is 5.69 Å². The van der Waals surface area contributed by atoms with Crippen molar-refractivity contribution in [2.45, 2.75) is 18.9 Å². The Balaban J connectivity index is 1.79. The van der Waals surface area contributed by atoms with E-state index in [1.807, 2.05) is 12.1 Å². The molecule has 1 aliphatic rings. The van der Waals surface area contributed by atoms with Crippen LogP contribution in [0.3, 0.4) is 0 Å². The number of carbonyl (C=O) groups excluding carboxylic acids is 2. The summed E-state index contributed by atoms with van der Waals surface area (Å²) in [6.45, 7) is 1.12. The maximum Gasteiger partial charge on any atom is 0.337 e. The van der Waals surface area contributed by atoms with Gasteiger partial charge in [-0.1, -0.05) is 18.2 Å². The molecule has 1 fully saturated rings. The van der Waals surface area contributed by atoms with Crippen molar-refractivity contribution < 1.29 is 28.2 Å². The Bertz CT molecular complexity index is 1210. The molecule has 1 atom stereocenters. The van der Waals surface area contributed by atoms with Gasteiger partial charge >= 0.3 is 5.97 Å². The Morgan fingerprint density at radius 1 is 1.16 bits per heavy atom. The number of hydrogen-bond acceptors (Lipinski definition) is 7. The lowest BCUT2D eigenvalue weighted by Gasteiger charge is -2.12. The molecule has 0 spiro atoms. The summed E-state index contributed by atoms with van der Waals surface area (Å²) >= 11 is 0. The van der Waals surface area contributed by atoms with Gasteiger partial charge in [-0.15, -0.1) is 0 Å². The highest BCUT2D eigenvalue weighted by atomic mass is 16.5. The van der Waals surface area contributed by atoms with Crippen LogP contribution in [0.5, 0.6) is 5.75 Å². The first-order chi connectivity index (χ1) is 15.6. The van der Waals surface area contributed by atoms with Gasteiger partial charge in [-0.2, -0.15) is 0 Å². The summed E-state index contributed by atoms with van der Waals surface area (Å²) in [6.07, 6.45) is 1.91. The molecule has 1 amide bonds. The van der Waals surface area contributed by atoms with Crippen molar-refractivity contribution in [2.24, 2.45) is 4.99 Å². The third-order valence-corrected chi connectivity index (χ3v) is 5.22. The lowest BCUT2D eigenvalue weighted by Crippen LogP contribution is -2.34. The summed E-state index contributed by atoms with van der Waals surface area (Å²) in [7, 11) is 2.86. The van der Waals surface area contributed by atoms with E-state index in [1.54, 1.807) is 43.5 Å². The number of esters is 1. The lowest BCUT2D eigenvalue weighted by atomic mass is 10.1. The minimum atomic E-state index is -0.478. The minimum Gasteiger partial charge on any atom is -0.493 e. The number of carbonyl (C=O) groups is 2. The van der Waals surface area contributed by atoms with Crippen molar-refractivity contribution in [1.82, 2.24) is 5.32 Å². The average Bonchev–Trinajstić information content (AvgIpc) is 3.35. The Hall–Kier alpha value is -3.65. The highest BCUT2D eigenvalue weighted by molar-refractivity contribution is 5.97. The fraction of sp³-hybridized carbons (Fsp3) is 0.292. The zero-order valence-electron chi connectivity index (χ0n) is 17.9. The molecule has 3 aromatic rings. The second-order valence-corrected chi connectivity index (χ2v) is 7.34. The summed E-state index contributed by atoms with van der Waals surface area (Å²) in [5.74, 6) is -0.279. The first-order valence-electron chi connectivity index (χ1n) is 10.3. The van der Waals surface area contributed by atoms with Crippen LogP contribution in [0.15, 0.2) is 57.9 Å². The van der Waals surface area contributed by atoms with Crippen molar-refractivity contribution in [3.63, 3.8) is 0 Å². The first-order valence-corrected chi connectivity index (χ1v) is 10.3. The maximum atomic E-state index is 13.0. The lowest BCUT2D eigenvalue weighted by molar-refractivity contribution is 0.0600. The Morgan fingerprint density at radius 3 is 2.75 bits per heavy atom. The number of nitrogens with zero attached hydrogens (tertiary/aromatic N) is 1. The molecule has 2 heterocycles. The van der Waals surface area contributed by atoms with E-state index in [0.29, 0.717) is 41.1 Å². The van der Waals surface area contributed by atoms with Crippen molar-refractivity contribution in [3.8, 4) is 5.75 Å². The van der Waals surface area contributed by atoms with Crippen molar-refractivity contribution >= 4 is 28.5 Å². The summed E-state index contributed by atoms with van der Waals surface area (Å²) in [6, 6.07) is 13.7. The fourth-order valence-corrected chi connectivity index (χ4v) is 3.58. The molecule has 1 aliphatic heterocycles. The molecule has 0 aliphatic carbocycles. The highest BCUT2D eigenvalue weighted by Gasteiger charge is 2.19. The number of rotatable bonds is 6. The number of fused-ring (bicyclic) bond motifs is 1. The van der Waals surface area contributed by atoms with Gasteiger partial charge in [0.05, 0.1) is 31.6 Å². The third kappa shape index (κ3) is 4.65. The number of methoxy groups -OCH3 is 2. The third-order valence-electron chi connectivity index (χ3n) is 5.22. The first kappa shape index (κ1) is 21.6. The predicted molar refractivity (Wildman–Crippen MR) is 117 cm³/mol. The molecule has 2 aromatic carbocycles. The Labute approximate surface area is 184 Å². The molecule has 1 N–H and O–H groups in total. The van der Waals surface area contributed by atoms with Gasteiger partial charge in [0.25, 0.3) is 5.91 Å². The van der Waals surface area contributed by atoms with Crippen LogP contribution >= 0.6 is 0 Å². The van der Waals surface area contributed by atoms with Gasteiger partial charge in [-0.3, -0.25) is 4.79 Å². The molecule has 1 aromatic heterocycles. The van der Waals surface area contributed by atoms with E-state index in [-0.39, 0.29) is 23.1 Å². The van der Waals surface area contributed by atoms with E-state index in [4.69, 9.17) is 18.6 Å². The summed E-state index contributed by atoms with van der Waals surface area (Å²) in [4.78, 5) is 29.4. The second kappa shape index (κ2) is 9.65. The fourth-order valence-electron chi connectivity index (χ4n) is 3.58. The average molecular weight is 436 g/mol. The van der Waals surface area contributed by atoms with E-state index in [1.165, 1.54) is 7.11 Å². The van der Waals surface area contributed by atoms with Gasteiger partial charge in [0.15, 0.2) is 11.3 Å². The minimum absolute atomic E-state index is 0.00793. The normalized spacial score (nSPS) is 16.2. The number of amides is 1. The number of hydrogen-bond donors (Lipinski definition) is 1. The molecule has 166 valence electrons. The topological polar surface area (TPSA) is 99.4 Å². The van der Waals surface area contributed by atoms with Gasteiger partial charge in [0, 0.05) is 18.5 Å². The van der Waals surface area contributed by atoms with E-state index in [9.17, 15) is 9.59 Å². The number of benzene rings is 2. The monoisotopic (exact) mass is 436 g/mol. The van der Waals surface area contributed by atoms with Crippen LogP contribution in [0.1, 0.15) is 33.6 Å². The van der Waals surface area contributed by atoms with Crippen LogP contribution in [0.2, 0.25) is 0 Å². The Morgan fingerprint density at radius 2 is 2.00 bits per heavy atom. The van der Waals surface area contributed by atoms with Crippen LogP contribution < -0.4 is 15.6 Å². The summed E-state index contributed by atoms with van der Waals surface area (Å²) in [5.41, 5.74) is 1.63. The number of nitrogens with one attached hydrogen (secondary N) is 1. The molecule has 8 nitrogen and oxygen atoms in total. The van der Waals surface area contributed by atoms with Crippen molar-refractivity contribution in [3.05, 3.63) is 65.2 Å². The Kier molecular flexibility index (Phi) is 6.51. The molecule has 4 rings (SSSR count). The zero-order valence-corrected chi connectivity index (χ0v) is 17.9. The summed E-state index contributed by atoms with van der Waals surface area (Å²) < 4.78 is 21.8. The van der Waals surface area contributed by atoms with Gasteiger partial charge in [-0.05, 0) is 43.2 Å². The molecule has 8 heteroatoms. The molecule has 1 saturated heterocycles. The van der Waals surface area contributed by atoms with Gasteiger partial charge in [-0.25, -0.2) is 9.79 Å². The maximum absolute atomic E-state index is 13.0. The molecular formula is C24H24N2O6. The predicted octanol–water partition coefficient (Wildman–Crippen LogP) is 3.37. The van der Waals surface area contributed by atoms with Gasteiger partial charge in [0.2, 0.25) is 5.55 Å². The molecule has 0 radical (unpaired) electrons. The van der Waals surface area contributed by atoms with E-state index in [0.717, 1.165) is 12.8 Å². The smallest absolute Gasteiger partial charge is 0.337 e. The van der Waals surface area contributed by atoms with Gasteiger partial charge in [0.1, 0.15) is 5.56 Å². The quantitative estimate of drug-likeness (QED) is 0.595. The van der Waals surface area contributed by atoms with E-state index >= 15 is 0 Å². The van der Waals surface area contributed by atoms with Crippen LogP contribution in [-0.4, -0.2) is 45.4 Å². The SMILES string of the molecule is COC(=O)c1cccc(N=c2oc3c(OC)cccc3cc2C(=O)NCC2CCCO2)c1. The van der Waals surface area contributed by atoms with Crippen molar-refractivity contribution in [2.75, 3.05) is 27.4 Å². The molecule has 32 heavy (non-hydrogen) atoms. The summed E-state index contributed by atoms with van der Waals surface area (Å²) in [5, 5.41) is 3.61. The van der Waals surface area contributed by atoms with E-state index in [2.05, 4.69) is 10.3 Å². The largest absolute Gasteiger partial charge is 0.493 e. The molecule has 0 bridgehead atoms. The standard InChI is InChI=1S/C24H24N2O6/c1-29-20-10-4-6-15-13-19(22(27)25-14-18-9-5-11-31-18)23(32-21(15)20)26-17-8-3-7-16(12-17)24(28)30-2/h3-4,6-8,10,12-13,18H,5,9,11,14H2,1-2H3,(H,25,27). The number of para-hydroxylation sites is 1. The molecule has 0 saturated carbocycles. The zero-order chi connectivity index (χ0) is 22.5. The van der Waals surface area contributed by atoms with Crippen LogP contribution in [-0.2, 0) is 9.47 Å². The van der Waals surface area contributed by atoms with E-state index < -0.39 is 5.97 Å². The molecular weight excluding hydrogens is 412 g/mol.